The van der Waals surface area contributed by atoms with Gasteiger partial charge >= 0.3 is 0 Å². The van der Waals surface area contributed by atoms with Crippen LogP contribution in [0.3, 0.4) is 0 Å². The third-order valence-electron chi connectivity index (χ3n) is 3.43. The Morgan fingerprint density at radius 2 is 2.12 bits per heavy atom. The summed E-state index contributed by atoms with van der Waals surface area (Å²) in [7, 11) is 1.72. The first-order valence-corrected chi connectivity index (χ1v) is 5.80. The molecule has 0 aromatic carbocycles. The Kier molecular flexibility index (Phi) is 2.89. The Balaban J connectivity index is 2.14. The van der Waals surface area contributed by atoms with Gasteiger partial charge in [0.2, 0.25) is 0 Å². The number of pyridine rings is 1. The van der Waals surface area contributed by atoms with Gasteiger partial charge in [0.25, 0.3) is 0 Å². The van der Waals surface area contributed by atoms with Gasteiger partial charge in [0, 0.05) is 29.4 Å². The standard InChI is InChI=1S/C13H20N2O/c1-9-7-14-11(10(2)12(9)16-4)8-15-13(3)5-6-13/h7,15H,5-6,8H2,1-4H3. The lowest BCUT2D eigenvalue weighted by Gasteiger charge is -2.15. The molecule has 0 atom stereocenters. The first-order chi connectivity index (χ1) is 7.56. The molecule has 1 aliphatic rings. The van der Waals surface area contributed by atoms with Crippen LogP contribution in [0.2, 0.25) is 0 Å². The van der Waals surface area contributed by atoms with Crippen molar-refractivity contribution in [1.82, 2.24) is 10.3 Å². The molecule has 2 rings (SSSR count). The zero-order chi connectivity index (χ0) is 11.8. The van der Waals surface area contributed by atoms with Crippen molar-refractivity contribution in [3.05, 3.63) is 23.0 Å². The van der Waals surface area contributed by atoms with Gasteiger partial charge in [0.1, 0.15) is 5.75 Å². The fourth-order valence-electron chi connectivity index (χ4n) is 1.91. The predicted molar refractivity (Wildman–Crippen MR) is 64.7 cm³/mol. The highest BCUT2D eigenvalue weighted by Gasteiger charge is 2.36. The molecule has 0 spiro atoms. The lowest BCUT2D eigenvalue weighted by Crippen LogP contribution is -2.27. The van der Waals surface area contributed by atoms with Gasteiger partial charge in [-0.05, 0) is 33.6 Å². The smallest absolute Gasteiger partial charge is 0.128 e. The summed E-state index contributed by atoms with van der Waals surface area (Å²) in [5, 5.41) is 3.54. The molecule has 1 aromatic rings. The van der Waals surface area contributed by atoms with Gasteiger partial charge in [0.05, 0.1) is 12.8 Å². The topological polar surface area (TPSA) is 34.1 Å². The minimum absolute atomic E-state index is 0.353. The van der Waals surface area contributed by atoms with Gasteiger partial charge in [-0.15, -0.1) is 0 Å². The van der Waals surface area contributed by atoms with Crippen LogP contribution in [0.25, 0.3) is 0 Å². The molecule has 1 aromatic heterocycles. The van der Waals surface area contributed by atoms with Crippen LogP contribution in [0.1, 0.15) is 36.6 Å². The van der Waals surface area contributed by atoms with Gasteiger partial charge in [-0.25, -0.2) is 0 Å². The van der Waals surface area contributed by atoms with E-state index in [0.29, 0.717) is 5.54 Å². The number of methoxy groups -OCH3 is 1. The van der Waals surface area contributed by atoms with Gasteiger partial charge in [-0.3, -0.25) is 4.98 Å². The van der Waals surface area contributed by atoms with E-state index in [1.54, 1.807) is 7.11 Å². The number of ether oxygens (including phenoxy) is 1. The SMILES string of the molecule is COc1c(C)cnc(CNC2(C)CC2)c1C. The predicted octanol–water partition coefficient (Wildman–Crippen LogP) is 2.35. The number of nitrogens with zero attached hydrogens (tertiary/aromatic N) is 1. The number of hydrogen-bond acceptors (Lipinski definition) is 3. The second-order valence-electron chi connectivity index (χ2n) is 4.96. The fourth-order valence-corrected chi connectivity index (χ4v) is 1.91. The van der Waals surface area contributed by atoms with E-state index in [9.17, 15) is 0 Å². The van der Waals surface area contributed by atoms with E-state index >= 15 is 0 Å². The second kappa shape index (κ2) is 4.06. The molecule has 1 aliphatic carbocycles. The first-order valence-electron chi connectivity index (χ1n) is 5.80. The van der Waals surface area contributed by atoms with Crippen molar-refractivity contribution >= 4 is 0 Å². The van der Waals surface area contributed by atoms with Crippen LogP contribution >= 0.6 is 0 Å². The Morgan fingerprint density at radius 3 is 2.69 bits per heavy atom. The lowest BCUT2D eigenvalue weighted by molar-refractivity contribution is 0.406. The fraction of sp³-hybridized carbons (Fsp3) is 0.615. The summed E-state index contributed by atoms with van der Waals surface area (Å²) in [6.07, 6.45) is 4.43. The average Bonchev–Trinajstić information content (AvgIpc) is 2.97. The summed E-state index contributed by atoms with van der Waals surface area (Å²) < 4.78 is 5.40. The molecular weight excluding hydrogens is 200 g/mol. The van der Waals surface area contributed by atoms with Gasteiger partial charge in [-0.1, -0.05) is 0 Å². The van der Waals surface area contributed by atoms with Gasteiger partial charge in [-0.2, -0.15) is 0 Å². The summed E-state index contributed by atoms with van der Waals surface area (Å²) in [6.45, 7) is 7.19. The van der Waals surface area contributed by atoms with E-state index < -0.39 is 0 Å². The van der Waals surface area contributed by atoms with Gasteiger partial charge < -0.3 is 10.1 Å². The summed E-state index contributed by atoms with van der Waals surface area (Å²) in [6, 6.07) is 0. The first kappa shape index (κ1) is 11.4. The van der Waals surface area contributed by atoms with E-state index in [4.69, 9.17) is 4.74 Å². The quantitative estimate of drug-likeness (QED) is 0.845. The third-order valence-corrected chi connectivity index (χ3v) is 3.43. The van der Waals surface area contributed by atoms with E-state index in [2.05, 4.69) is 24.1 Å². The maximum atomic E-state index is 5.40. The largest absolute Gasteiger partial charge is 0.496 e. The molecule has 16 heavy (non-hydrogen) atoms. The molecule has 88 valence electrons. The van der Waals surface area contributed by atoms with Crippen LogP contribution < -0.4 is 10.1 Å². The Morgan fingerprint density at radius 1 is 1.44 bits per heavy atom. The molecule has 3 heteroatoms. The number of aromatic nitrogens is 1. The van der Waals surface area contributed by atoms with Crippen molar-refractivity contribution in [3.8, 4) is 5.75 Å². The number of hydrogen-bond donors (Lipinski definition) is 1. The van der Waals surface area contributed by atoms with Crippen molar-refractivity contribution in [2.75, 3.05) is 7.11 Å². The molecular formula is C13H20N2O. The summed E-state index contributed by atoms with van der Waals surface area (Å²) in [5.74, 6) is 0.966. The lowest BCUT2D eigenvalue weighted by atomic mass is 10.1. The van der Waals surface area contributed by atoms with Crippen LogP contribution in [0.4, 0.5) is 0 Å². The summed E-state index contributed by atoms with van der Waals surface area (Å²) >= 11 is 0. The minimum Gasteiger partial charge on any atom is -0.496 e. The van der Waals surface area contributed by atoms with E-state index in [1.165, 1.54) is 12.8 Å². The molecule has 0 unspecified atom stereocenters. The number of aryl methyl sites for hydroxylation is 1. The van der Waals surface area contributed by atoms with E-state index in [1.807, 2.05) is 13.1 Å². The number of nitrogens with one attached hydrogen (secondary N) is 1. The summed E-state index contributed by atoms with van der Waals surface area (Å²) in [4.78, 5) is 4.47. The van der Waals surface area contributed by atoms with Crippen LogP contribution in [0.15, 0.2) is 6.20 Å². The molecule has 1 saturated carbocycles. The maximum Gasteiger partial charge on any atom is 0.128 e. The van der Waals surface area contributed by atoms with E-state index in [0.717, 1.165) is 29.1 Å². The normalized spacial score (nSPS) is 17.2. The van der Waals surface area contributed by atoms with Crippen molar-refractivity contribution in [2.45, 2.75) is 45.7 Å². The highest BCUT2D eigenvalue weighted by Crippen LogP contribution is 2.35. The zero-order valence-electron chi connectivity index (χ0n) is 10.6. The molecule has 0 bridgehead atoms. The summed E-state index contributed by atoms with van der Waals surface area (Å²) in [5.41, 5.74) is 3.70. The van der Waals surface area contributed by atoms with Crippen molar-refractivity contribution in [2.24, 2.45) is 0 Å². The molecule has 0 radical (unpaired) electrons. The van der Waals surface area contributed by atoms with E-state index in [-0.39, 0.29) is 0 Å². The molecule has 0 aliphatic heterocycles. The minimum atomic E-state index is 0.353. The van der Waals surface area contributed by atoms with Gasteiger partial charge in [0.15, 0.2) is 0 Å². The Labute approximate surface area is 97.2 Å². The monoisotopic (exact) mass is 220 g/mol. The van der Waals surface area contributed by atoms with Crippen LogP contribution in [0.5, 0.6) is 5.75 Å². The molecule has 0 saturated heterocycles. The maximum absolute atomic E-state index is 5.40. The number of rotatable bonds is 4. The van der Waals surface area contributed by atoms with Crippen molar-refractivity contribution in [3.63, 3.8) is 0 Å². The highest BCUT2D eigenvalue weighted by molar-refractivity contribution is 5.41. The Bertz CT molecular complexity index is 397. The molecule has 1 heterocycles. The van der Waals surface area contributed by atoms with Crippen LogP contribution in [0, 0.1) is 13.8 Å². The van der Waals surface area contributed by atoms with Crippen LogP contribution in [-0.4, -0.2) is 17.6 Å². The van der Waals surface area contributed by atoms with Crippen LogP contribution in [-0.2, 0) is 6.54 Å². The molecule has 3 nitrogen and oxygen atoms in total. The second-order valence-corrected chi connectivity index (χ2v) is 4.96. The zero-order valence-corrected chi connectivity index (χ0v) is 10.6. The average molecular weight is 220 g/mol. The molecule has 1 N–H and O–H groups in total. The van der Waals surface area contributed by atoms with Crippen molar-refractivity contribution < 1.29 is 4.74 Å². The molecule has 0 amide bonds. The molecule has 1 fully saturated rings. The van der Waals surface area contributed by atoms with Crippen molar-refractivity contribution in [1.29, 1.82) is 0 Å². The third kappa shape index (κ3) is 2.19. The highest BCUT2D eigenvalue weighted by atomic mass is 16.5. The Hall–Kier alpha value is -1.09.